The molecule has 0 spiro atoms. The van der Waals surface area contributed by atoms with Crippen LogP contribution in [0.4, 0.5) is 0 Å². The molecule has 17 N–H and O–H groups in total. The summed E-state index contributed by atoms with van der Waals surface area (Å²) in [7, 11) is 11.8. The number of ketones is 9. The van der Waals surface area contributed by atoms with Crippen molar-refractivity contribution in [2.45, 2.75) is 211 Å². The highest BCUT2D eigenvalue weighted by atomic mass is 16.5. The fourth-order valence-electron chi connectivity index (χ4n) is 12.7. The first-order chi connectivity index (χ1) is 64.7. The molecule has 137 heavy (non-hydrogen) atoms. The number of carbonyl (C=O) groups excluding carboxylic acids is 9. The van der Waals surface area contributed by atoms with E-state index in [1.54, 1.807) is 101 Å². The number of hydrogen-bond acceptors (Lipinski definition) is 34. The zero-order valence-electron chi connectivity index (χ0n) is 81.1. The van der Waals surface area contributed by atoms with Crippen molar-refractivity contribution >= 4 is 52.0 Å². The van der Waals surface area contributed by atoms with Crippen molar-refractivity contribution in [2.75, 3.05) is 56.9 Å². The predicted molar refractivity (Wildman–Crippen MR) is 511 cm³/mol. The predicted octanol–water partition coefficient (Wildman–Crippen LogP) is 14.4. The molecule has 0 aliphatic heterocycles. The van der Waals surface area contributed by atoms with Gasteiger partial charge in [0.25, 0.3) is 0 Å². The Morgan fingerprint density at radius 3 is 0.810 bits per heavy atom. The number of aromatic hydroxyl groups is 13. The van der Waals surface area contributed by atoms with Crippen LogP contribution >= 0.6 is 0 Å². The van der Waals surface area contributed by atoms with Crippen molar-refractivity contribution in [1.29, 1.82) is 0 Å². The van der Waals surface area contributed by atoms with Gasteiger partial charge in [-0.05, 0) is 231 Å². The van der Waals surface area contributed by atoms with Crippen molar-refractivity contribution in [3.8, 4) is 121 Å². The van der Waals surface area contributed by atoms with Crippen molar-refractivity contribution in [2.24, 2.45) is 0 Å². The lowest BCUT2D eigenvalue weighted by Gasteiger charge is -2.14. The summed E-state index contributed by atoms with van der Waals surface area (Å²) in [5.74, 6) is 1.38. The summed E-state index contributed by atoms with van der Waals surface area (Å²) in [6.07, 6.45) is 8.02. The lowest BCUT2D eigenvalue weighted by Crippen LogP contribution is -2.02. The second kappa shape index (κ2) is 63.8. The molecule has 0 aliphatic rings. The van der Waals surface area contributed by atoms with Gasteiger partial charge >= 0.3 is 0 Å². The molecular formula is C103H134O34. The van der Waals surface area contributed by atoms with Gasteiger partial charge in [-0.15, -0.1) is 0 Å². The van der Waals surface area contributed by atoms with Crippen molar-refractivity contribution in [1.82, 2.24) is 0 Å². The zero-order valence-corrected chi connectivity index (χ0v) is 81.1. The second-order valence-corrected chi connectivity index (χ2v) is 31.1. The van der Waals surface area contributed by atoms with Crippen LogP contribution in [-0.4, -0.2) is 196 Å². The van der Waals surface area contributed by atoms with E-state index < -0.39 is 5.75 Å². The fourth-order valence-corrected chi connectivity index (χ4v) is 12.7. The van der Waals surface area contributed by atoms with Crippen molar-refractivity contribution in [3.05, 3.63) is 193 Å². The fraction of sp³-hybridized carbons (Fsp3) is 0.388. The maximum absolute atomic E-state index is 10.9. The largest absolute Gasteiger partial charge is 0.508 e. The molecule has 9 aromatic rings. The molecular weight excluding hydrogens is 1780 g/mol. The number of phenols is 13. The van der Waals surface area contributed by atoms with E-state index in [0.29, 0.717) is 178 Å². The van der Waals surface area contributed by atoms with E-state index in [-0.39, 0.29) is 170 Å². The van der Waals surface area contributed by atoms with Gasteiger partial charge < -0.3 is 168 Å². The molecule has 0 amide bonds. The summed E-state index contributed by atoms with van der Waals surface area (Å²) in [6.45, 7) is 14.6. The third-order valence-electron chi connectivity index (χ3n) is 20.5. The number of rotatable bonds is 39. The molecule has 9 aromatic carbocycles. The van der Waals surface area contributed by atoms with E-state index in [0.717, 1.165) is 39.1 Å². The topological polar surface area (TPSA) is 571 Å². The van der Waals surface area contributed by atoms with Gasteiger partial charge in [-0.3, -0.25) is 0 Å². The normalized spacial score (nSPS) is 10.1. The Labute approximate surface area is 798 Å². The van der Waals surface area contributed by atoms with Crippen LogP contribution < -0.4 is 37.9 Å². The Bertz CT molecular complexity index is 5360. The van der Waals surface area contributed by atoms with Gasteiger partial charge in [0.05, 0.1) is 83.3 Å². The van der Waals surface area contributed by atoms with Crippen LogP contribution in [0.3, 0.4) is 0 Å². The number of methoxy groups -OCH3 is 8. The van der Waals surface area contributed by atoms with Crippen LogP contribution in [-0.2, 0) is 127 Å². The number of aryl methyl sites for hydroxylation is 10. The third-order valence-corrected chi connectivity index (χ3v) is 20.5. The van der Waals surface area contributed by atoms with Crippen LogP contribution in [0, 0.1) is 6.92 Å². The molecule has 0 aromatic heterocycles. The van der Waals surface area contributed by atoms with E-state index >= 15 is 0 Å². The van der Waals surface area contributed by atoms with Gasteiger partial charge in [-0.2, -0.15) is 0 Å². The number of ether oxygens (including phenoxy) is 8. The van der Waals surface area contributed by atoms with Gasteiger partial charge in [-0.25, -0.2) is 0 Å². The van der Waals surface area contributed by atoms with Crippen LogP contribution in [0.5, 0.6) is 121 Å². The molecule has 0 heterocycles. The number of aliphatic hydroxyl groups excluding tert-OH is 4. The summed E-state index contributed by atoms with van der Waals surface area (Å²) in [5.41, 5.74) is 9.39. The van der Waals surface area contributed by atoms with Crippen molar-refractivity contribution in [3.63, 3.8) is 0 Å². The van der Waals surface area contributed by atoms with Gasteiger partial charge in [0.1, 0.15) is 69.3 Å². The molecule has 0 bridgehead atoms. The third kappa shape index (κ3) is 42.0. The summed E-state index contributed by atoms with van der Waals surface area (Å²) in [5, 5.41) is 160. The number of aliphatic hydroxyl groups is 4. The Morgan fingerprint density at radius 2 is 0.467 bits per heavy atom. The Morgan fingerprint density at radius 1 is 0.212 bits per heavy atom. The molecule has 750 valence electrons. The molecule has 0 unspecified atom stereocenters. The standard InChI is InChI=1S/C13H18O3.3C12H16O4.3C11H14O4.C11H14O3.C10H12O4/c1-9-4-6-11(7-5-10(2)15)12(8-14)13(9)16-3;1-8(13)4-5-9-6-7-10(15-2)12(16-3)11(9)14;1-8(14)3-4-9-5-6-11(16-2)12(15)10(9)7-13;1-8(14)3-4-9-5-6-11(15)12(16-2)10(9)7-13;1-7(12)3-4-8-5-6-9(15-2)11(14)10(8)13;1-7(12)3-4-8-5-6-9(13)11(15-2)10(8)14;1-7(13)2-3-8-4-5-10(14)11(15)9(8)6-12;1-8(12)3-4-9-5-6-10(14-2)7-11(9)13;1-6(11)2-3-7-4-5-8(12)10(14)9(7)13/h4,6,14H,5,7-8H2,1-3H3;6-7,14H,4-5H2,1-3H3;2*5-6,13,15H,3-4,7H2,1-2H3;2*5-6,13-14H,3-4H2,1-2H3;4-5,12,14-15H,2-3,6H2,1H3;5-7,13H,3-4H2,1-2H3;4-5,12-14H,2-3H2,1H3. The minimum absolute atomic E-state index is 0.00174. The Kier molecular flexibility index (Phi) is 56.2. The first-order valence-electron chi connectivity index (χ1n) is 43.2. The van der Waals surface area contributed by atoms with Crippen LogP contribution in [0.1, 0.15) is 198 Å². The first kappa shape index (κ1) is 121. The lowest BCUT2D eigenvalue weighted by atomic mass is 9.98. The molecule has 0 radical (unpaired) electrons. The highest BCUT2D eigenvalue weighted by Gasteiger charge is 2.21. The molecule has 0 fully saturated rings. The van der Waals surface area contributed by atoms with Gasteiger partial charge in [0.15, 0.2) is 80.5 Å². The molecule has 0 atom stereocenters. The average Bonchev–Trinajstić information content (AvgIpc) is 0.831. The average molecular weight is 1920 g/mol. The monoisotopic (exact) mass is 1910 g/mol. The molecule has 0 saturated heterocycles. The maximum atomic E-state index is 10.9. The van der Waals surface area contributed by atoms with Crippen LogP contribution in [0.2, 0.25) is 0 Å². The van der Waals surface area contributed by atoms with Crippen molar-refractivity contribution < 1.29 is 168 Å². The molecule has 34 heteroatoms. The Hall–Kier alpha value is -14.4. The van der Waals surface area contributed by atoms with Gasteiger partial charge in [0, 0.05) is 86.1 Å². The van der Waals surface area contributed by atoms with Gasteiger partial charge in [0.2, 0.25) is 23.0 Å². The zero-order chi connectivity index (χ0) is 104. The van der Waals surface area contributed by atoms with E-state index in [9.17, 15) is 115 Å². The number of benzene rings is 9. The van der Waals surface area contributed by atoms with Gasteiger partial charge in [-0.1, -0.05) is 60.7 Å². The number of carbonyl (C=O) groups is 9. The van der Waals surface area contributed by atoms with Crippen LogP contribution in [0.25, 0.3) is 0 Å². The summed E-state index contributed by atoms with van der Waals surface area (Å²) in [4.78, 5) is 97.4. The number of phenolic OH excluding ortho intramolecular Hbond substituents is 11. The molecule has 0 aliphatic carbocycles. The minimum atomic E-state index is -0.536. The summed E-state index contributed by atoms with van der Waals surface area (Å²) in [6, 6.07) is 31.0. The molecule has 34 nitrogen and oxygen atoms in total. The summed E-state index contributed by atoms with van der Waals surface area (Å²) >= 11 is 0. The highest BCUT2D eigenvalue weighted by Crippen LogP contribution is 2.43. The maximum Gasteiger partial charge on any atom is 0.203 e. The lowest BCUT2D eigenvalue weighted by molar-refractivity contribution is -0.117. The highest BCUT2D eigenvalue weighted by molar-refractivity contribution is 5.80. The van der Waals surface area contributed by atoms with E-state index in [4.69, 9.17) is 53.2 Å². The Balaban J connectivity index is 0.000000771. The number of hydrogen-bond donors (Lipinski definition) is 17. The minimum Gasteiger partial charge on any atom is -0.508 e. The molecule has 0 saturated carbocycles. The SMILES string of the molecule is CC(=O)CCc1ccc(O)c(O)c1CO.CC(=O)CCc1ccc(O)c(O)c1O.COc1c(C)ccc(CCC(C)=O)c1CO.COc1c(O)ccc(CCC(C)=O)c1CO.COc1c(O)ccc(CCC(C)=O)c1O.COc1ccc(CCC(C)=O)c(CO)c1O.COc1ccc(CCC(C)=O)c(O)c1.COc1ccc(CCC(C)=O)c(O)c1O.COc1ccc(CCC(C)=O)c(O)c1OC. The smallest absolute Gasteiger partial charge is 0.203 e. The summed E-state index contributed by atoms with van der Waals surface area (Å²) < 4.78 is 39.9. The quantitative estimate of drug-likeness (QED) is 0.0159. The van der Waals surface area contributed by atoms with E-state index in [1.165, 1.54) is 121 Å². The van der Waals surface area contributed by atoms with E-state index in [2.05, 4.69) is 0 Å². The van der Waals surface area contributed by atoms with E-state index in [1.807, 2.05) is 19.1 Å². The number of Topliss-reactive ketones (excluding diaryl/α,β-unsaturated/α-hetero) is 9. The van der Waals surface area contributed by atoms with Crippen LogP contribution in [0.15, 0.2) is 115 Å². The molecule has 9 rings (SSSR count). The second-order valence-electron chi connectivity index (χ2n) is 31.1. The first-order valence-corrected chi connectivity index (χ1v) is 43.2.